The highest BCUT2D eigenvalue weighted by atomic mass is 35.5. The zero-order valence-electron chi connectivity index (χ0n) is 21.3. The molecule has 0 saturated heterocycles. The van der Waals surface area contributed by atoms with Crippen molar-refractivity contribution in [1.29, 1.82) is 0 Å². The van der Waals surface area contributed by atoms with Crippen molar-refractivity contribution in [3.63, 3.8) is 0 Å². The van der Waals surface area contributed by atoms with Crippen LogP contribution in [0, 0.1) is 0 Å². The minimum atomic E-state index is -0.286. The third kappa shape index (κ3) is 6.86. The number of carbonyl (C=O) groups excluding carboxylic acids is 2. The van der Waals surface area contributed by atoms with Crippen molar-refractivity contribution >= 4 is 34.8 Å². The topological polar surface area (TPSA) is 61.9 Å². The molecule has 1 N–H and O–H groups in total. The molecule has 190 valence electrons. The van der Waals surface area contributed by atoms with Gasteiger partial charge in [0, 0.05) is 45.7 Å². The normalized spacial score (nSPS) is 11.6. The molecule has 0 aliphatic rings. The second kappa shape index (κ2) is 13.1. The van der Waals surface area contributed by atoms with Crippen LogP contribution in [-0.2, 0) is 16.1 Å². The van der Waals surface area contributed by atoms with E-state index >= 15 is 0 Å². The predicted molar refractivity (Wildman–Crippen MR) is 147 cm³/mol. The Morgan fingerprint density at radius 2 is 1.69 bits per heavy atom. The second-order valence-corrected chi connectivity index (χ2v) is 9.20. The minimum Gasteiger partial charge on any atom is -0.383 e. The van der Waals surface area contributed by atoms with Gasteiger partial charge in [-0.3, -0.25) is 9.59 Å². The van der Waals surface area contributed by atoms with Gasteiger partial charge in [0.1, 0.15) is 0 Å². The molecular weight excluding hydrogens is 474 g/mol. The fraction of sp³-hybridized carbons (Fsp3) is 0.310. The first kappa shape index (κ1) is 27.2. The largest absolute Gasteiger partial charge is 0.383 e. The van der Waals surface area contributed by atoms with Crippen molar-refractivity contribution in [2.45, 2.75) is 25.8 Å². The van der Waals surface area contributed by atoms with Crippen LogP contribution >= 0.6 is 11.6 Å². The van der Waals surface area contributed by atoms with Gasteiger partial charge in [-0.05, 0) is 47.9 Å². The van der Waals surface area contributed by atoms with E-state index in [2.05, 4.69) is 5.32 Å². The Bertz CT molecular complexity index is 1170. The van der Waals surface area contributed by atoms with Gasteiger partial charge in [-0.1, -0.05) is 61.0 Å². The Morgan fingerprint density at radius 3 is 2.33 bits per heavy atom. The lowest BCUT2D eigenvalue weighted by molar-refractivity contribution is -0.134. The number of carbonyl (C=O) groups is 2. The van der Waals surface area contributed by atoms with Crippen LogP contribution in [0.4, 0.5) is 11.4 Å². The number of rotatable bonds is 11. The molecule has 7 heteroatoms. The third-order valence-corrected chi connectivity index (χ3v) is 6.41. The summed E-state index contributed by atoms with van der Waals surface area (Å²) >= 11 is 6.21. The summed E-state index contributed by atoms with van der Waals surface area (Å²) in [6.45, 7) is 3.30. The van der Waals surface area contributed by atoms with Gasteiger partial charge in [-0.15, -0.1) is 0 Å². The molecule has 3 aromatic rings. The maximum absolute atomic E-state index is 13.7. The minimum absolute atomic E-state index is 0.0518. The van der Waals surface area contributed by atoms with Crippen LogP contribution < -0.4 is 10.2 Å². The van der Waals surface area contributed by atoms with E-state index in [4.69, 9.17) is 16.3 Å². The summed E-state index contributed by atoms with van der Waals surface area (Å²) in [6.07, 6.45) is 0.695. The molecule has 2 amide bonds. The molecule has 0 aromatic heterocycles. The Kier molecular flexibility index (Phi) is 9.91. The van der Waals surface area contributed by atoms with Gasteiger partial charge in [-0.25, -0.2) is 0 Å². The zero-order chi connectivity index (χ0) is 26.1. The van der Waals surface area contributed by atoms with Gasteiger partial charge in [0.25, 0.3) is 5.91 Å². The average Bonchev–Trinajstić information content (AvgIpc) is 2.87. The molecule has 1 unspecified atom stereocenters. The monoisotopic (exact) mass is 507 g/mol. The fourth-order valence-corrected chi connectivity index (χ4v) is 4.42. The molecular formula is C29H34ClN3O3. The Balaban J connectivity index is 1.91. The van der Waals surface area contributed by atoms with Crippen molar-refractivity contribution in [2.75, 3.05) is 44.6 Å². The van der Waals surface area contributed by atoms with E-state index in [0.717, 1.165) is 16.8 Å². The summed E-state index contributed by atoms with van der Waals surface area (Å²) in [5.74, 6) is -0.475. The first-order valence-corrected chi connectivity index (χ1v) is 12.4. The zero-order valence-corrected chi connectivity index (χ0v) is 22.1. The Morgan fingerprint density at radius 1 is 1.00 bits per heavy atom. The molecule has 0 spiro atoms. The number of amides is 2. The number of ether oxygens (including phenoxy) is 1. The first-order chi connectivity index (χ1) is 17.3. The lowest BCUT2D eigenvalue weighted by Crippen LogP contribution is -2.37. The van der Waals surface area contributed by atoms with Gasteiger partial charge in [-0.2, -0.15) is 0 Å². The van der Waals surface area contributed by atoms with Gasteiger partial charge < -0.3 is 19.9 Å². The predicted octanol–water partition coefficient (Wildman–Crippen LogP) is 5.83. The van der Waals surface area contributed by atoms with Crippen molar-refractivity contribution in [2.24, 2.45) is 0 Å². The highest BCUT2D eigenvalue weighted by molar-refractivity contribution is 6.34. The summed E-state index contributed by atoms with van der Waals surface area (Å²) in [4.78, 5) is 30.4. The maximum Gasteiger partial charge on any atom is 0.257 e. The van der Waals surface area contributed by atoms with Gasteiger partial charge in [0.2, 0.25) is 5.91 Å². The summed E-state index contributed by atoms with van der Waals surface area (Å²) in [6, 6.07) is 22.5. The maximum atomic E-state index is 13.7. The second-order valence-electron chi connectivity index (χ2n) is 8.80. The van der Waals surface area contributed by atoms with Crippen molar-refractivity contribution in [3.8, 4) is 0 Å². The molecule has 0 aliphatic heterocycles. The first-order valence-electron chi connectivity index (χ1n) is 12.0. The number of nitrogens with one attached hydrogen (secondary N) is 1. The highest BCUT2D eigenvalue weighted by Crippen LogP contribution is 2.28. The fourth-order valence-electron chi connectivity index (χ4n) is 4.20. The summed E-state index contributed by atoms with van der Waals surface area (Å²) < 4.78 is 5.32. The number of nitrogens with zero attached hydrogens (tertiary/aromatic N) is 2. The molecule has 1 atom stereocenters. The molecule has 0 aliphatic carbocycles. The lowest BCUT2D eigenvalue weighted by atomic mass is 9.94. The molecule has 0 fully saturated rings. The van der Waals surface area contributed by atoms with E-state index in [0.29, 0.717) is 42.4 Å². The number of halogens is 1. The van der Waals surface area contributed by atoms with Crippen LogP contribution in [0.25, 0.3) is 0 Å². The van der Waals surface area contributed by atoms with Gasteiger partial charge in [0.15, 0.2) is 0 Å². The van der Waals surface area contributed by atoms with E-state index in [-0.39, 0.29) is 17.7 Å². The van der Waals surface area contributed by atoms with Crippen molar-refractivity contribution < 1.29 is 14.3 Å². The summed E-state index contributed by atoms with van der Waals surface area (Å²) in [7, 11) is 5.55. The number of hydrogen-bond acceptors (Lipinski definition) is 4. The molecule has 6 nitrogen and oxygen atoms in total. The van der Waals surface area contributed by atoms with Crippen LogP contribution in [0.5, 0.6) is 0 Å². The van der Waals surface area contributed by atoms with E-state index < -0.39 is 0 Å². The van der Waals surface area contributed by atoms with Crippen LogP contribution in [0.1, 0.15) is 40.7 Å². The Labute approximate surface area is 218 Å². The molecule has 0 radical (unpaired) electrons. The SMILES string of the molecule is CCC(C(=O)N(CCOC)Cc1cc(NC(=O)c2ccccc2Cl)ccc1N(C)C)c1ccccc1. The number of methoxy groups -OCH3 is 1. The quantitative estimate of drug-likeness (QED) is 0.355. The number of anilines is 2. The van der Waals surface area contributed by atoms with E-state index in [9.17, 15) is 9.59 Å². The smallest absolute Gasteiger partial charge is 0.257 e. The third-order valence-electron chi connectivity index (χ3n) is 6.08. The van der Waals surface area contributed by atoms with Crippen LogP contribution in [-0.4, -0.2) is 51.1 Å². The summed E-state index contributed by atoms with van der Waals surface area (Å²) in [5, 5.41) is 3.33. The molecule has 0 bridgehead atoms. The summed E-state index contributed by atoms with van der Waals surface area (Å²) in [5.41, 5.74) is 3.93. The Hall–Kier alpha value is -3.35. The van der Waals surface area contributed by atoms with Crippen LogP contribution in [0.3, 0.4) is 0 Å². The number of benzene rings is 3. The van der Waals surface area contributed by atoms with E-state index in [1.165, 1.54) is 0 Å². The standard InChI is InChI=1S/C29H34ClN3O3/c1-5-24(21-11-7-6-8-12-21)29(35)33(17-18-36-4)20-22-19-23(15-16-27(22)32(2)3)31-28(34)25-13-9-10-14-26(25)30/h6-16,19,24H,5,17-18,20H2,1-4H3,(H,31,34). The van der Waals surface area contributed by atoms with Crippen LogP contribution in [0.15, 0.2) is 72.8 Å². The number of hydrogen-bond donors (Lipinski definition) is 1. The average molecular weight is 508 g/mol. The molecule has 0 heterocycles. The van der Waals surface area contributed by atoms with Crippen LogP contribution in [0.2, 0.25) is 5.02 Å². The van der Waals surface area contributed by atoms with E-state index in [1.54, 1.807) is 31.4 Å². The molecule has 3 aromatic carbocycles. The van der Waals surface area contributed by atoms with Gasteiger partial charge >= 0.3 is 0 Å². The molecule has 3 rings (SSSR count). The van der Waals surface area contributed by atoms with Gasteiger partial charge in [0.05, 0.1) is 23.1 Å². The molecule has 36 heavy (non-hydrogen) atoms. The van der Waals surface area contributed by atoms with E-state index in [1.807, 2.05) is 79.3 Å². The lowest BCUT2D eigenvalue weighted by Gasteiger charge is -2.29. The highest BCUT2D eigenvalue weighted by Gasteiger charge is 2.25. The molecule has 0 saturated carbocycles. The van der Waals surface area contributed by atoms with Crippen molar-refractivity contribution in [1.82, 2.24) is 4.90 Å². The van der Waals surface area contributed by atoms with Crippen molar-refractivity contribution in [3.05, 3.63) is 94.5 Å².